The molecule has 2 aromatic carbocycles. The van der Waals surface area contributed by atoms with Crippen molar-refractivity contribution in [3.05, 3.63) is 95.5 Å². The van der Waals surface area contributed by atoms with Gasteiger partial charge >= 0.3 is 0 Å². The van der Waals surface area contributed by atoms with Crippen LogP contribution in [-0.2, 0) is 13.1 Å². The molecule has 0 aliphatic heterocycles. The van der Waals surface area contributed by atoms with Crippen molar-refractivity contribution in [3.8, 4) is 0 Å². The van der Waals surface area contributed by atoms with Gasteiger partial charge in [-0.1, -0.05) is 54.1 Å². The SMILES string of the molecule is O=C(C[n+]1cnc2c(ccn2Cc2ccccc2)c1)c1cccc(Cl)c1. The number of fused-ring (bicyclic) bond motifs is 1. The van der Waals surface area contributed by atoms with E-state index in [0.717, 1.165) is 17.6 Å². The summed E-state index contributed by atoms with van der Waals surface area (Å²) in [4.78, 5) is 17.0. The van der Waals surface area contributed by atoms with Gasteiger partial charge in [-0.15, -0.1) is 0 Å². The number of rotatable bonds is 5. The molecular formula is C21H17ClN3O+. The van der Waals surface area contributed by atoms with Crippen molar-refractivity contribution in [1.29, 1.82) is 0 Å². The summed E-state index contributed by atoms with van der Waals surface area (Å²) in [6.45, 7) is 0.996. The first-order chi connectivity index (χ1) is 12.7. The Morgan fingerprint density at radius 3 is 2.73 bits per heavy atom. The molecule has 0 amide bonds. The first kappa shape index (κ1) is 16.5. The van der Waals surface area contributed by atoms with Gasteiger partial charge in [-0.05, 0) is 28.7 Å². The van der Waals surface area contributed by atoms with Crippen molar-refractivity contribution in [1.82, 2.24) is 9.55 Å². The number of ketones is 1. The van der Waals surface area contributed by atoms with E-state index < -0.39 is 0 Å². The first-order valence-corrected chi connectivity index (χ1v) is 8.73. The molecule has 5 heteroatoms. The minimum absolute atomic E-state index is 0.00219. The van der Waals surface area contributed by atoms with Gasteiger partial charge in [0.2, 0.25) is 5.78 Å². The molecule has 4 nitrogen and oxygen atoms in total. The Bertz CT molecular complexity index is 1070. The molecule has 2 aromatic heterocycles. The average Bonchev–Trinajstić information content (AvgIpc) is 3.04. The van der Waals surface area contributed by atoms with Gasteiger partial charge in [-0.3, -0.25) is 4.79 Å². The van der Waals surface area contributed by atoms with E-state index in [2.05, 4.69) is 21.7 Å². The average molecular weight is 363 g/mol. The van der Waals surface area contributed by atoms with Gasteiger partial charge in [0.15, 0.2) is 6.54 Å². The van der Waals surface area contributed by atoms with Crippen molar-refractivity contribution in [3.63, 3.8) is 0 Å². The Kier molecular flexibility index (Phi) is 4.50. The molecule has 0 aliphatic carbocycles. The van der Waals surface area contributed by atoms with Crippen LogP contribution >= 0.6 is 11.6 Å². The maximum atomic E-state index is 12.4. The molecule has 0 N–H and O–H groups in total. The lowest BCUT2D eigenvalue weighted by molar-refractivity contribution is -0.684. The number of carbonyl (C=O) groups is 1. The highest BCUT2D eigenvalue weighted by Crippen LogP contribution is 2.14. The Morgan fingerprint density at radius 1 is 1.08 bits per heavy atom. The van der Waals surface area contributed by atoms with E-state index in [1.165, 1.54) is 5.56 Å². The summed E-state index contributed by atoms with van der Waals surface area (Å²) in [6.07, 6.45) is 5.67. The van der Waals surface area contributed by atoms with Gasteiger partial charge < -0.3 is 4.57 Å². The van der Waals surface area contributed by atoms with Gasteiger partial charge in [0.05, 0.1) is 11.9 Å². The monoisotopic (exact) mass is 362 g/mol. The molecule has 4 aromatic rings. The zero-order valence-electron chi connectivity index (χ0n) is 14.0. The fourth-order valence-electron chi connectivity index (χ4n) is 2.98. The summed E-state index contributed by atoms with van der Waals surface area (Å²) in [5, 5.41) is 1.56. The highest BCUT2D eigenvalue weighted by atomic mass is 35.5. The van der Waals surface area contributed by atoms with Crippen molar-refractivity contribution in [2.75, 3.05) is 0 Å². The van der Waals surface area contributed by atoms with Gasteiger partial charge in [-0.2, -0.15) is 0 Å². The van der Waals surface area contributed by atoms with Gasteiger partial charge in [0.25, 0.3) is 12.0 Å². The largest absolute Gasteiger partial charge is 0.307 e. The highest BCUT2D eigenvalue weighted by Gasteiger charge is 2.14. The second-order valence-corrected chi connectivity index (χ2v) is 6.62. The van der Waals surface area contributed by atoms with Gasteiger partial charge in [0.1, 0.15) is 6.20 Å². The third-order valence-electron chi connectivity index (χ3n) is 4.27. The zero-order valence-corrected chi connectivity index (χ0v) is 14.8. The predicted octanol–water partition coefficient (Wildman–Crippen LogP) is 3.91. The summed E-state index contributed by atoms with van der Waals surface area (Å²) in [5.41, 5.74) is 2.73. The van der Waals surface area contributed by atoms with Gasteiger partial charge in [0, 0.05) is 16.8 Å². The van der Waals surface area contributed by atoms with E-state index in [9.17, 15) is 4.79 Å². The Hall–Kier alpha value is -2.98. The number of aromatic nitrogens is 3. The number of carbonyl (C=O) groups excluding carboxylic acids is 1. The van der Waals surface area contributed by atoms with Crippen molar-refractivity contribution in [2.24, 2.45) is 0 Å². The smallest absolute Gasteiger partial charge is 0.289 e. The lowest BCUT2D eigenvalue weighted by atomic mass is 10.1. The second-order valence-electron chi connectivity index (χ2n) is 6.19. The molecule has 0 atom stereocenters. The lowest BCUT2D eigenvalue weighted by Crippen LogP contribution is -2.37. The third kappa shape index (κ3) is 3.51. The van der Waals surface area contributed by atoms with Crippen LogP contribution < -0.4 is 4.57 Å². The number of benzene rings is 2. The molecule has 26 heavy (non-hydrogen) atoms. The van der Waals surface area contributed by atoms with Crippen LogP contribution in [0.4, 0.5) is 0 Å². The predicted molar refractivity (Wildman–Crippen MR) is 101 cm³/mol. The third-order valence-corrected chi connectivity index (χ3v) is 4.50. The van der Waals surface area contributed by atoms with Crippen LogP contribution in [0.5, 0.6) is 0 Å². The van der Waals surface area contributed by atoms with E-state index in [0.29, 0.717) is 10.6 Å². The number of nitrogens with zero attached hydrogens (tertiary/aromatic N) is 3. The molecule has 128 valence electrons. The topological polar surface area (TPSA) is 38.8 Å². The summed E-state index contributed by atoms with van der Waals surface area (Å²) in [7, 11) is 0. The van der Waals surface area contributed by atoms with E-state index in [1.54, 1.807) is 35.2 Å². The molecule has 0 spiro atoms. The van der Waals surface area contributed by atoms with Crippen LogP contribution in [0, 0.1) is 0 Å². The van der Waals surface area contributed by atoms with E-state index in [4.69, 9.17) is 11.6 Å². The normalized spacial score (nSPS) is 11.0. The van der Waals surface area contributed by atoms with E-state index in [1.807, 2.05) is 36.7 Å². The molecule has 0 radical (unpaired) electrons. The standard InChI is InChI=1S/C21H17ClN3O/c22-19-8-4-7-17(11-19)20(26)14-24-13-18-9-10-25(21(18)23-15-24)12-16-5-2-1-3-6-16/h1-11,13,15H,12,14H2/q+1. The summed E-state index contributed by atoms with van der Waals surface area (Å²) >= 11 is 5.97. The number of halogens is 1. The Balaban J connectivity index is 1.56. The molecule has 0 bridgehead atoms. The van der Waals surface area contributed by atoms with Crippen LogP contribution in [0.15, 0.2) is 79.4 Å². The molecule has 0 saturated carbocycles. The number of hydrogen-bond acceptors (Lipinski definition) is 2. The number of hydrogen-bond donors (Lipinski definition) is 0. The second kappa shape index (κ2) is 7.10. The first-order valence-electron chi connectivity index (χ1n) is 8.36. The summed E-state index contributed by atoms with van der Waals surface area (Å²) < 4.78 is 3.91. The maximum Gasteiger partial charge on any atom is 0.289 e. The molecule has 0 saturated heterocycles. The van der Waals surface area contributed by atoms with E-state index >= 15 is 0 Å². The number of Topliss-reactive ketones (excluding diaryl/α,β-unsaturated/α-hetero) is 1. The Morgan fingerprint density at radius 2 is 1.92 bits per heavy atom. The van der Waals surface area contributed by atoms with Gasteiger partial charge in [-0.25, -0.2) is 4.57 Å². The van der Waals surface area contributed by atoms with Crippen molar-refractivity contribution >= 4 is 28.4 Å². The molecule has 0 fully saturated rings. The van der Waals surface area contributed by atoms with E-state index in [-0.39, 0.29) is 12.3 Å². The fraction of sp³-hybridized carbons (Fsp3) is 0.0952. The summed E-state index contributed by atoms with van der Waals surface area (Å²) in [5.74, 6) is 0.00219. The Labute approximate surface area is 156 Å². The molecule has 2 heterocycles. The lowest BCUT2D eigenvalue weighted by Gasteiger charge is -2.03. The van der Waals surface area contributed by atoms with Crippen LogP contribution in [0.3, 0.4) is 0 Å². The van der Waals surface area contributed by atoms with Crippen molar-refractivity contribution < 1.29 is 9.36 Å². The van der Waals surface area contributed by atoms with Crippen LogP contribution in [0.2, 0.25) is 5.02 Å². The molecule has 0 aliphatic rings. The molecular weight excluding hydrogens is 346 g/mol. The zero-order chi connectivity index (χ0) is 17.9. The fourth-order valence-corrected chi connectivity index (χ4v) is 3.18. The van der Waals surface area contributed by atoms with Crippen LogP contribution in [0.25, 0.3) is 11.0 Å². The minimum Gasteiger partial charge on any atom is -0.307 e. The maximum absolute atomic E-state index is 12.4. The van der Waals surface area contributed by atoms with Crippen LogP contribution in [-0.4, -0.2) is 15.3 Å². The summed E-state index contributed by atoms with van der Waals surface area (Å²) in [6, 6.07) is 19.3. The van der Waals surface area contributed by atoms with Crippen LogP contribution in [0.1, 0.15) is 15.9 Å². The van der Waals surface area contributed by atoms with Crippen molar-refractivity contribution in [2.45, 2.75) is 13.1 Å². The highest BCUT2D eigenvalue weighted by molar-refractivity contribution is 6.30. The quantitative estimate of drug-likeness (QED) is 0.399. The minimum atomic E-state index is 0.00219. The molecule has 4 rings (SSSR count). The molecule has 0 unspecified atom stereocenters.